The lowest BCUT2D eigenvalue weighted by Crippen LogP contribution is -2.44. The highest BCUT2D eigenvalue weighted by Crippen LogP contribution is 2.34. The molecule has 0 bridgehead atoms. The minimum absolute atomic E-state index is 0.137. The van der Waals surface area contributed by atoms with E-state index < -0.39 is 6.29 Å². The topological polar surface area (TPSA) is 57.2 Å². The Hall–Kier alpha value is -2.57. The molecule has 6 heteroatoms. The summed E-state index contributed by atoms with van der Waals surface area (Å²) in [6.07, 6.45) is -0.741. The summed E-state index contributed by atoms with van der Waals surface area (Å²) < 4.78 is 16.4. The summed E-state index contributed by atoms with van der Waals surface area (Å²) in [6.45, 7) is 2.45. The van der Waals surface area contributed by atoms with E-state index in [0.717, 1.165) is 5.56 Å². The Bertz CT molecular complexity index is 748. The van der Waals surface area contributed by atoms with Crippen LogP contribution in [0.1, 0.15) is 29.1 Å². The van der Waals surface area contributed by atoms with Gasteiger partial charge in [-0.2, -0.15) is 0 Å². The molecule has 0 aromatic heterocycles. The molecule has 24 heavy (non-hydrogen) atoms. The van der Waals surface area contributed by atoms with Gasteiger partial charge in [-0.05, 0) is 25.1 Å². The predicted molar refractivity (Wildman–Crippen MR) is 84.4 cm³/mol. The van der Waals surface area contributed by atoms with Gasteiger partial charge in [0.2, 0.25) is 13.1 Å². The highest BCUT2D eigenvalue weighted by molar-refractivity contribution is 5.94. The van der Waals surface area contributed by atoms with Crippen molar-refractivity contribution in [2.75, 3.05) is 13.3 Å². The van der Waals surface area contributed by atoms with Crippen LogP contribution in [0.2, 0.25) is 0 Å². The lowest BCUT2D eigenvalue weighted by Gasteiger charge is -2.36. The summed E-state index contributed by atoms with van der Waals surface area (Å²) in [5.41, 5.74) is 1.35. The first-order chi connectivity index (χ1) is 11.7. The second-order valence-corrected chi connectivity index (χ2v) is 5.73. The average molecular weight is 327 g/mol. The Balaban J connectivity index is 1.55. The van der Waals surface area contributed by atoms with E-state index in [0.29, 0.717) is 23.6 Å². The summed E-state index contributed by atoms with van der Waals surface area (Å²) in [6, 6.07) is 14.7. The zero-order valence-corrected chi connectivity index (χ0v) is 13.2. The first-order valence-electron chi connectivity index (χ1n) is 7.79. The second kappa shape index (κ2) is 6.14. The minimum atomic E-state index is -0.604. The summed E-state index contributed by atoms with van der Waals surface area (Å²) in [4.78, 5) is 18.5. The molecule has 124 valence electrons. The maximum atomic E-state index is 12.8. The Kier molecular flexibility index (Phi) is 3.84. The van der Waals surface area contributed by atoms with Gasteiger partial charge in [0.05, 0.1) is 12.6 Å². The third-order valence-corrected chi connectivity index (χ3v) is 3.92. The number of hydrogen-bond acceptors (Lipinski definition) is 5. The molecule has 6 nitrogen and oxygen atoms in total. The minimum Gasteiger partial charge on any atom is -0.454 e. The Morgan fingerprint density at radius 3 is 2.71 bits per heavy atom. The summed E-state index contributed by atoms with van der Waals surface area (Å²) >= 11 is 0. The van der Waals surface area contributed by atoms with E-state index in [4.69, 9.17) is 19.0 Å². The average Bonchev–Trinajstić information content (AvgIpc) is 3.09. The molecule has 2 aromatic carbocycles. The zero-order chi connectivity index (χ0) is 16.5. The molecule has 2 aliphatic rings. The quantitative estimate of drug-likeness (QED) is 0.849. The number of fused-ring (bicyclic) bond motifs is 1. The van der Waals surface area contributed by atoms with Crippen LogP contribution in [0.15, 0.2) is 48.5 Å². The van der Waals surface area contributed by atoms with Crippen LogP contribution >= 0.6 is 0 Å². The van der Waals surface area contributed by atoms with Crippen molar-refractivity contribution in [2.24, 2.45) is 0 Å². The van der Waals surface area contributed by atoms with Crippen molar-refractivity contribution in [1.82, 2.24) is 5.06 Å². The molecule has 0 N–H and O–H groups in total. The van der Waals surface area contributed by atoms with E-state index in [1.807, 2.05) is 37.3 Å². The maximum absolute atomic E-state index is 12.8. The number of carbonyl (C=O) groups is 1. The van der Waals surface area contributed by atoms with E-state index in [-0.39, 0.29) is 18.8 Å². The number of rotatable bonds is 2. The van der Waals surface area contributed by atoms with Crippen LogP contribution in [0, 0.1) is 0 Å². The summed E-state index contributed by atoms with van der Waals surface area (Å²) in [5, 5.41) is 1.35. The van der Waals surface area contributed by atoms with Crippen molar-refractivity contribution < 1.29 is 23.8 Å². The zero-order valence-electron chi connectivity index (χ0n) is 13.2. The Labute approximate surface area is 139 Å². The third-order valence-electron chi connectivity index (χ3n) is 3.92. The van der Waals surface area contributed by atoms with Crippen LogP contribution in [-0.4, -0.2) is 30.4 Å². The van der Waals surface area contributed by atoms with Gasteiger partial charge in [-0.25, -0.2) is 9.90 Å². The SMILES string of the molecule is C[C@@H]1CN(C(=O)c2ccc3c(c2)OCO3)O[C@H](c2ccccc2)O1. The molecular weight excluding hydrogens is 310 g/mol. The number of carbonyl (C=O) groups excluding carboxylic acids is 1. The van der Waals surface area contributed by atoms with Crippen molar-refractivity contribution in [1.29, 1.82) is 0 Å². The molecule has 2 aliphatic heterocycles. The smallest absolute Gasteiger partial charge is 0.277 e. The van der Waals surface area contributed by atoms with Gasteiger partial charge in [-0.15, -0.1) is 0 Å². The van der Waals surface area contributed by atoms with Crippen LogP contribution in [0.4, 0.5) is 0 Å². The van der Waals surface area contributed by atoms with Crippen LogP contribution in [-0.2, 0) is 9.57 Å². The van der Waals surface area contributed by atoms with Crippen molar-refractivity contribution in [3.05, 3.63) is 59.7 Å². The maximum Gasteiger partial charge on any atom is 0.277 e. The number of hydrogen-bond donors (Lipinski definition) is 0. The van der Waals surface area contributed by atoms with Gasteiger partial charge in [0, 0.05) is 11.1 Å². The first kappa shape index (κ1) is 15.0. The molecular formula is C18H17NO5. The van der Waals surface area contributed by atoms with Gasteiger partial charge in [0.1, 0.15) is 0 Å². The van der Waals surface area contributed by atoms with Gasteiger partial charge in [-0.1, -0.05) is 30.3 Å². The van der Waals surface area contributed by atoms with Crippen LogP contribution in [0.25, 0.3) is 0 Å². The van der Waals surface area contributed by atoms with Crippen molar-refractivity contribution in [3.8, 4) is 11.5 Å². The molecule has 2 aromatic rings. The molecule has 1 saturated heterocycles. The molecule has 2 heterocycles. The molecule has 4 rings (SSSR count). The number of amides is 1. The lowest BCUT2D eigenvalue weighted by molar-refractivity contribution is -0.320. The molecule has 0 spiro atoms. The van der Waals surface area contributed by atoms with E-state index in [9.17, 15) is 4.79 Å². The number of hydroxylamine groups is 2. The van der Waals surface area contributed by atoms with Gasteiger partial charge in [0.15, 0.2) is 11.5 Å². The van der Waals surface area contributed by atoms with Crippen LogP contribution in [0.5, 0.6) is 11.5 Å². The summed E-state index contributed by atoms with van der Waals surface area (Å²) in [5.74, 6) is 0.983. The third kappa shape index (κ3) is 2.81. The second-order valence-electron chi connectivity index (χ2n) is 5.73. The fourth-order valence-electron chi connectivity index (χ4n) is 2.72. The predicted octanol–water partition coefficient (Wildman–Crippen LogP) is 2.91. The number of benzene rings is 2. The normalized spacial score (nSPS) is 22.5. The Morgan fingerprint density at radius 1 is 1.08 bits per heavy atom. The van der Waals surface area contributed by atoms with Crippen molar-refractivity contribution in [3.63, 3.8) is 0 Å². The fraction of sp³-hybridized carbons (Fsp3) is 0.278. The highest BCUT2D eigenvalue weighted by Gasteiger charge is 2.31. The van der Waals surface area contributed by atoms with Crippen LogP contribution in [0.3, 0.4) is 0 Å². The van der Waals surface area contributed by atoms with E-state index in [1.54, 1.807) is 18.2 Å². The molecule has 0 radical (unpaired) electrons. The van der Waals surface area contributed by atoms with E-state index in [1.165, 1.54) is 5.06 Å². The van der Waals surface area contributed by atoms with Gasteiger partial charge >= 0.3 is 0 Å². The number of nitrogens with zero attached hydrogens (tertiary/aromatic N) is 1. The van der Waals surface area contributed by atoms with Crippen molar-refractivity contribution >= 4 is 5.91 Å². The van der Waals surface area contributed by atoms with Gasteiger partial charge in [0.25, 0.3) is 5.91 Å². The molecule has 1 amide bonds. The monoisotopic (exact) mass is 327 g/mol. The van der Waals surface area contributed by atoms with E-state index in [2.05, 4.69) is 0 Å². The largest absolute Gasteiger partial charge is 0.454 e. The fourth-order valence-corrected chi connectivity index (χ4v) is 2.72. The van der Waals surface area contributed by atoms with Crippen molar-refractivity contribution in [2.45, 2.75) is 19.3 Å². The standard InChI is InChI=1S/C18H17NO5/c1-12-10-19(24-18(23-12)13-5-3-2-4-6-13)17(20)14-7-8-15-16(9-14)22-11-21-15/h2-9,12,18H,10-11H2,1H3/t12-,18-/m1/s1. The van der Waals surface area contributed by atoms with Gasteiger partial charge < -0.3 is 14.2 Å². The number of ether oxygens (including phenoxy) is 3. The molecule has 1 fully saturated rings. The first-order valence-corrected chi connectivity index (χ1v) is 7.79. The highest BCUT2D eigenvalue weighted by atomic mass is 16.8. The Morgan fingerprint density at radius 2 is 1.88 bits per heavy atom. The van der Waals surface area contributed by atoms with E-state index >= 15 is 0 Å². The molecule has 2 atom stereocenters. The molecule has 0 unspecified atom stereocenters. The van der Waals surface area contributed by atoms with Crippen LogP contribution < -0.4 is 9.47 Å². The lowest BCUT2D eigenvalue weighted by atomic mass is 10.1. The summed E-state index contributed by atoms with van der Waals surface area (Å²) in [7, 11) is 0. The molecule has 0 aliphatic carbocycles. The molecule has 0 saturated carbocycles. The van der Waals surface area contributed by atoms with Gasteiger partial charge in [-0.3, -0.25) is 4.79 Å².